The van der Waals surface area contributed by atoms with Gasteiger partial charge in [-0.15, -0.1) is 0 Å². The van der Waals surface area contributed by atoms with Crippen molar-refractivity contribution >= 4 is 16.7 Å². The maximum Gasteiger partial charge on any atom is 0.320 e. The minimum absolute atomic E-state index is 0.223. The first-order chi connectivity index (χ1) is 10.6. The lowest BCUT2D eigenvalue weighted by molar-refractivity contribution is -0.138. The third kappa shape index (κ3) is 3.96. The summed E-state index contributed by atoms with van der Waals surface area (Å²) in [5.41, 5.74) is 6.53. The quantitative estimate of drug-likeness (QED) is 0.731. The third-order valence-electron chi connectivity index (χ3n) is 3.43. The largest absolute Gasteiger partial charge is 0.491 e. The van der Waals surface area contributed by atoms with Crippen LogP contribution < -0.4 is 10.5 Å². The van der Waals surface area contributed by atoms with Crippen LogP contribution in [0.15, 0.2) is 36.4 Å². The molecule has 1 unspecified atom stereocenters. The Labute approximate surface area is 129 Å². The van der Waals surface area contributed by atoms with Gasteiger partial charge in [-0.25, -0.2) is 0 Å². The van der Waals surface area contributed by atoms with Crippen LogP contribution in [0.1, 0.15) is 12.5 Å². The first-order valence-electron chi connectivity index (χ1n) is 7.33. The molecule has 0 radical (unpaired) electrons. The summed E-state index contributed by atoms with van der Waals surface area (Å²) >= 11 is 0. The van der Waals surface area contributed by atoms with Crippen molar-refractivity contribution in [3.05, 3.63) is 42.0 Å². The van der Waals surface area contributed by atoms with E-state index >= 15 is 0 Å². The van der Waals surface area contributed by atoms with E-state index in [1.807, 2.05) is 43.3 Å². The minimum Gasteiger partial charge on any atom is -0.491 e. The molecule has 2 aromatic carbocycles. The van der Waals surface area contributed by atoms with Crippen molar-refractivity contribution in [3.63, 3.8) is 0 Å². The highest BCUT2D eigenvalue weighted by atomic mass is 16.5. The molecule has 0 aliphatic carbocycles. The van der Waals surface area contributed by atoms with Crippen LogP contribution in [-0.2, 0) is 16.0 Å². The van der Waals surface area contributed by atoms with Gasteiger partial charge in [0.1, 0.15) is 18.4 Å². The number of ether oxygens (including phenoxy) is 2. The van der Waals surface area contributed by atoms with Gasteiger partial charge in [-0.2, -0.15) is 0 Å². The summed E-state index contributed by atoms with van der Waals surface area (Å²) in [4.78, 5) is 11.1. The molecule has 5 heteroatoms. The van der Waals surface area contributed by atoms with Gasteiger partial charge in [-0.3, -0.25) is 4.79 Å². The molecular formula is C17H21NO4. The van der Waals surface area contributed by atoms with Crippen LogP contribution in [0.4, 0.5) is 0 Å². The van der Waals surface area contributed by atoms with Gasteiger partial charge >= 0.3 is 5.97 Å². The Morgan fingerprint density at radius 2 is 2.00 bits per heavy atom. The predicted molar refractivity (Wildman–Crippen MR) is 85.3 cm³/mol. The molecule has 0 aliphatic heterocycles. The first kappa shape index (κ1) is 16.3. The second kappa shape index (κ2) is 7.77. The van der Waals surface area contributed by atoms with E-state index in [1.165, 1.54) is 0 Å². The van der Waals surface area contributed by atoms with E-state index in [-0.39, 0.29) is 6.42 Å². The lowest BCUT2D eigenvalue weighted by Gasteiger charge is -2.16. The molecule has 2 aromatic rings. The second-order valence-electron chi connectivity index (χ2n) is 4.96. The monoisotopic (exact) mass is 303 g/mol. The Hall–Kier alpha value is -2.11. The number of hydrogen-bond donors (Lipinski definition) is 2. The average Bonchev–Trinajstić information content (AvgIpc) is 2.53. The van der Waals surface area contributed by atoms with E-state index in [2.05, 4.69) is 0 Å². The number of rotatable bonds is 8. The molecule has 22 heavy (non-hydrogen) atoms. The fourth-order valence-electron chi connectivity index (χ4n) is 2.32. The van der Waals surface area contributed by atoms with Crippen LogP contribution in [0.3, 0.4) is 0 Å². The number of carboxylic acid groups (broad SMARTS) is 1. The highest BCUT2D eigenvalue weighted by Gasteiger charge is 2.17. The molecule has 5 nitrogen and oxygen atoms in total. The normalized spacial score (nSPS) is 12.3. The first-order valence-corrected chi connectivity index (χ1v) is 7.33. The van der Waals surface area contributed by atoms with Gasteiger partial charge < -0.3 is 20.3 Å². The third-order valence-corrected chi connectivity index (χ3v) is 3.43. The lowest BCUT2D eigenvalue weighted by atomic mass is 9.98. The lowest BCUT2D eigenvalue weighted by Crippen LogP contribution is -2.32. The fraction of sp³-hybridized carbons (Fsp3) is 0.353. The highest BCUT2D eigenvalue weighted by molar-refractivity contribution is 5.88. The zero-order valence-corrected chi connectivity index (χ0v) is 12.6. The fourth-order valence-corrected chi connectivity index (χ4v) is 2.32. The Balaban J connectivity index is 2.30. The van der Waals surface area contributed by atoms with E-state index in [4.69, 9.17) is 20.3 Å². The summed E-state index contributed by atoms with van der Waals surface area (Å²) in [6.07, 6.45) is 0.223. The van der Waals surface area contributed by atoms with Crippen LogP contribution in [0, 0.1) is 0 Å². The Morgan fingerprint density at radius 3 is 2.73 bits per heavy atom. The topological polar surface area (TPSA) is 81.8 Å². The van der Waals surface area contributed by atoms with Crippen molar-refractivity contribution in [2.75, 3.05) is 19.8 Å². The molecule has 118 valence electrons. The predicted octanol–water partition coefficient (Wildman–Crippen LogP) is 2.21. The summed E-state index contributed by atoms with van der Waals surface area (Å²) in [5, 5.41) is 11.1. The van der Waals surface area contributed by atoms with Crippen molar-refractivity contribution in [3.8, 4) is 5.75 Å². The van der Waals surface area contributed by atoms with Crippen LogP contribution >= 0.6 is 0 Å². The van der Waals surface area contributed by atoms with Crippen LogP contribution in [0.5, 0.6) is 5.75 Å². The Morgan fingerprint density at radius 1 is 1.23 bits per heavy atom. The molecule has 0 fully saturated rings. The van der Waals surface area contributed by atoms with Crippen molar-refractivity contribution in [2.24, 2.45) is 5.73 Å². The van der Waals surface area contributed by atoms with Crippen LogP contribution in [0.2, 0.25) is 0 Å². The SMILES string of the molecule is CCOCCOc1ccc2ccccc2c1CC(N)C(=O)O. The van der Waals surface area contributed by atoms with Crippen molar-refractivity contribution < 1.29 is 19.4 Å². The van der Waals surface area contributed by atoms with Gasteiger partial charge in [0.2, 0.25) is 0 Å². The number of carboxylic acids is 1. The zero-order valence-electron chi connectivity index (χ0n) is 12.6. The molecule has 0 spiro atoms. The number of benzene rings is 2. The van der Waals surface area contributed by atoms with Crippen molar-refractivity contribution in [1.82, 2.24) is 0 Å². The molecule has 2 rings (SSSR count). The summed E-state index contributed by atoms with van der Waals surface area (Å²) < 4.78 is 11.0. The summed E-state index contributed by atoms with van der Waals surface area (Å²) in [6, 6.07) is 10.7. The van der Waals surface area contributed by atoms with E-state index in [9.17, 15) is 4.79 Å². The molecule has 0 saturated heterocycles. The molecular weight excluding hydrogens is 282 g/mol. The van der Waals surface area contributed by atoms with Gasteiger partial charge in [0.25, 0.3) is 0 Å². The van der Waals surface area contributed by atoms with Gasteiger partial charge in [0.15, 0.2) is 0 Å². The molecule has 1 atom stereocenters. The molecule has 0 bridgehead atoms. The number of nitrogens with two attached hydrogens (primary N) is 1. The number of fused-ring (bicyclic) bond motifs is 1. The van der Waals surface area contributed by atoms with Gasteiger partial charge in [-0.1, -0.05) is 30.3 Å². The standard InChI is InChI=1S/C17H21NO4/c1-2-21-9-10-22-16-8-7-12-5-3-4-6-13(12)14(16)11-15(18)17(19)20/h3-8,15H,2,9-11,18H2,1H3,(H,19,20). The smallest absolute Gasteiger partial charge is 0.320 e. The molecule has 0 aliphatic rings. The number of aliphatic carboxylic acids is 1. The molecule has 0 heterocycles. The number of hydrogen-bond acceptors (Lipinski definition) is 4. The van der Waals surface area contributed by atoms with Crippen molar-refractivity contribution in [1.29, 1.82) is 0 Å². The van der Waals surface area contributed by atoms with Gasteiger partial charge in [0, 0.05) is 18.6 Å². The van der Waals surface area contributed by atoms with Crippen LogP contribution in [0.25, 0.3) is 10.8 Å². The highest BCUT2D eigenvalue weighted by Crippen LogP contribution is 2.29. The maximum absolute atomic E-state index is 11.1. The minimum atomic E-state index is -1.02. The average molecular weight is 303 g/mol. The maximum atomic E-state index is 11.1. The summed E-state index contributed by atoms with van der Waals surface area (Å²) in [5.74, 6) is -0.358. The molecule has 0 amide bonds. The van der Waals surface area contributed by atoms with Gasteiger partial charge in [-0.05, 0) is 23.8 Å². The van der Waals surface area contributed by atoms with E-state index in [1.54, 1.807) is 0 Å². The Kier molecular flexibility index (Phi) is 5.75. The second-order valence-corrected chi connectivity index (χ2v) is 4.96. The summed E-state index contributed by atoms with van der Waals surface area (Å²) in [7, 11) is 0. The van der Waals surface area contributed by atoms with Gasteiger partial charge in [0.05, 0.1) is 6.61 Å². The van der Waals surface area contributed by atoms with E-state index in [0.29, 0.717) is 25.6 Å². The van der Waals surface area contributed by atoms with E-state index in [0.717, 1.165) is 16.3 Å². The number of carbonyl (C=O) groups is 1. The van der Waals surface area contributed by atoms with Crippen LogP contribution in [-0.4, -0.2) is 36.9 Å². The van der Waals surface area contributed by atoms with Crippen molar-refractivity contribution in [2.45, 2.75) is 19.4 Å². The molecule has 0 aromatic heterocycles. The molecule has 3 N–H and O–H groups in total. The molecule has 0 saturated carbocycles. The van der Waals surface area contributed by atoms with E-state index < -0.39 is 12.0 Å². The Bertz CT molecular complexity index is 642. The summed E-state index contributed by atoms with van der Waals surface area (Å²) in [6.45, 7) is 3.47. The zero-order chi connectivity index (χ0) is 15.9.